The highest BCUT2D eigenvalue weighted by Gasteiger charge is 2.40. The highest BCUT2D eigenvalue weighted by Crippen LogP contribution is 2.20. The van der Waals surface area contributed by atoms with Gasteiger partial charge in [-0.1, -0.05) is 19.8 Å². The van der Waals surface area contributed by atoms with E-state index in [1.807, 2.05) is 0 Å². The Morgan fingerprint density at radius 2 is 2.21 bits per heavy atom. The average Bonchev–Trinajstić information content (AvgIpc) is 2.08. The first-order valence-corrected chi connectivity index (χ1v) is 5.23. The van der Waals surface area contributed by atoms with Crippen LogP contribution in [0.4, 0.5) is 0 Å². The number of hydrogen-bond donors (Lipinski definition) is 2. The molecule has 1 amide bonds. The van der Waals surface area contributed by atoms with Gasteiger partial charge >= 0.3 is 0 Å². The number of aliphatic hydroxyl groups is 1. The molecule has 0 aliphatic carbocycles. The molecule has 82 valence electrons. The third kappa shape index (κ3) is 2.69. The van der Waals surface area contributed by atoms with Gasteiger partial charge in [0.2, 0.25) is 5.91 Å². The van der Waals surface area contributed by atoms with Crippen molar-refractivity contribution in [3.8, 4) is 0 Å². The molecule has 0 aromatic heterocycles. The molecule has 0 bridgehead atoms. The number of amides is 1. The number of nitrogens with two attached hydrogens (primary N) is 1. The fourth-order valence-corrected chi connectivity index (χ4v) is 1.71. The number of likely N-dealkylation sites (tertiary alicyclic amines) is 1. The minimum Gasteiger partial charge on any atom is -0.386 e. The van der Waals surface area contributed by atoms with Crippen molar-refractivity contribution in [3.05, 3.63) is 0 Å². The summed E-state index contributed by atoms with van der Waals surface area (Å²) in [6, 6.07) is -0.383. The van der Waals surface area contributed by atoms with Crippen LogP contribution in [-0.4, -0.2) is 40.6 Å². The van der Waals surface area contributed by atoms with Crippen LogP contribution in [0.15, 0.2) is 0 Å². The SMILES string of the molecule is CCCCC(N)C(=O)N1CC(C)(O)C1. The molecule has 0 spiro atoms. The van der Waals surface area contributed by atoms with E-state index in [-0.39, 0.29) is 11.9 Å². The highest BCUT2D eigenvalue weighted by molar-refractivity contribution is 5.82. The van der Waals surface area contributed by atoms with Gasteiger partial charge < -0.3 is 15.7 Å². The maximum absolute atomic E-state index is 11.6. The van der Waals surface area contributed by atoms with Gasteiger partial charge in [0.15, 0.2) is 0 Å². The smallest absolute Gasteiger partial charge is 0.239 e. The predicted molar refractivity (Wildman–Crippen MR) is 54.7 cm³/mol. The van der Waals surface area contributed by atoms with Crippen LogP contribution >= 0.6 is 0 Å². The first-order valence-electron chi connectivity index (χ1n) is 5.23. The number of rotatable bonds is 4. The van der Waals surface area contributed by atoms with Crippen LogP contribution in [0.3, 0.4) is 0 Å². The summed E-state index contributed by atoms with van der Waals surface area (Å²) in [5.74, 6) is -0.0232. The number of carbonyl (C=O) groups excluding carboxylic acids is 1. The standard InChI is InChI=1S/C10H20N2O2/c1-3-4-5-8(11)9(13)12-6-10(2,14)7-12/h8,14H,3-7,11H2,1-2H3. The van der Waals surface area contributed by atoms with E-state index < -0.39 is 5.60 Å². The molecule has 4 nitrogen and oxygen atoms in total. The zero-order valence-electron chi connectivity index (χ0n) is 8.99. The lowest BCUT2D eigenvalue weighted by atomic mass is 9.95. The first kappa shape index (κ1) is 11.5. The lowest BCUT2D eigenvalue weighted by molar-refractivity contribution is -0.153. The third-order valence-electron chi connectivity index (χ3n) is 2.56. The van der Waals surface area contributed by atoms with Crippen LogP contribution < -0.4 is 5.73 Å². The largest absolute Gasteiger partial charge is 0.386 e. The molecule has 14 heavy (non-hydrogen) atoms. The van der Waals surface area contributed by atoms with Crippen molar-refractivity contribution in [1.82, 2.24) is 4.90 Å². The van der Waals surface area contributed by atoms with Crippen LogP contribution in [0, 0.1) is 0 Å². The van der Waals surface area contributed by atoms with Gasteiger partial charge in [-0.15, -0.1) is 0 Å². The molecule has 1 unspecified atom stereocenters. The van der Waals surface area contributed by atoms with Gasteiger partial charge in [0.1, 0.15) is 0 Å². The molecule has 1 aliphatic heterocycles. The van der Waals surface area contributed by atoms with Crippen molar-refractivity contribution in [3.63, 3.8) is 0 Å². The van der Waals surface area contributed by atoms with Gasteiger partial charge in [-0.25, -0.2) is 0 Å². The number of unbranched alkanes of at least 4 members (excludes halogenated alkanes) is 1. The van der Waals surface area contributed by atoms with Crippen molar-refractivity contribution in [1.29, 1.82) is 0 Å². The Morgan fingerprint density at radius 3 is 2.64 bits per heavy atom. The van der Waals surface area contributed by atoms with E-state index in [4.69, 9.17) is 5.73 Å². The Bertz CT molecular complexity index is 208. The van der Waals surface area contributed by atoms with Crippen LogP contribution in [-0.2, 0) is 4.79 Å². The van der Waals surface area contributed by atoms with Crippen molar-refractivity contribution in [2.45, 2.75) is 44.8 Å². The zero-order valence-corrected chi connectivity index (χ0v) is 8.99. The van der Waals surface area contributed by atoms with Crippen molar-refractivity contribution >= 4 is 5.91 Å². The van der Waals surface area contributed by atoms with E-state index in [1.165, 1.54) is 0 Å². The van der Waals surface area contributed by atoms with E-state index >= 15 is 0 Å². The summed E-state index contributed by atoms with van der Waals surface area (Å²) >= 11 is 0. The zero-order chi connectivity index (χ0) is 10.8. The molecule has 0 aromatic rings. The average molecular weight is 200 g/mol. The summed E-state index contributed by atoms with van der Waals surface area (Å²) in [5.41, 5.74) is 5.04. The second-order valence-electron chi connectivity index (χ2n) is 4.44. The first-order chi connectivity index (χ1) is 6.46. The molecular weight excluding hydrogens is 180 g/mol. The Morgan fingerprint density at radius 1 is 1.64 bits per heavy atom. The fourth-order valence-electron chi connectivity index (χ4n) is 1.71. The molecule has 4 heteroatoms. The summed E-state index contributed by atoms with van der Waals surface area (Å²) in [4.78, 5) is 13.2. The molecule has 1 atom stereocenters. The van der Waals surface area contributed by atoms with Crippen molar-refractivity contribution in [2.24, 2.45) is 5.73 Å². The summed E-state index contributed by atoms with van der Waals surface area (Å²) in [5, 5.41) is 9.46. The van der Waals surface area contributed by atoms with E-state index in [2.05, 4.69) is 6.92 Å². The van der Waals surface area contributed by atoms with E-state index in [1.54, 1.807) is 11.8 Å². The molecule has 0 aromatic carbocycles. The molecule has 1 heterocycles. The fraction of sp³-hybridized carbons (Fsp3) is 0.900. The number of nitrogens with zero attached hydrogens (tertiary/aromatic N) is 1. The number of hydrogen-bond acceptors (Lipinski definition) is 3. The van der Waals surface area contributed by atoms with Crippen molar-refractivity contribution < 1.29 is 9.90 Å². The second kappa shape index (κ2) is 4.28. The molecule has 1 saturated heterocycles. The molecular formula is C10H20N2O2. The third-order valence-corrected chi connectivity index (χ3v) is 2.56. The van der Waals surface area contributed by atoms with E-state index in [0.29, 0.717) is 13.1 Å². The van der Waals surface area contributed by atoms with E-state index in [9.17, 15) is 9.90 Å². The highest BCUT2D eigenvalue weighted by atomic mass is 16.3. The molecule has 0 saturated carbocycles. The van der Waals surface area contributed by atoms with Gasteiger partial charge in [-0.3, -0.25) is 4.79 Å². The number of β-amino-alcohol motifs (C(OH)–C–C–N with tert-alkyl or cyclic N) is 1. The molecule has 1 rings (SSSR count). The summed E-state index contributed by atoms with van der Waals surface area (Å²) in [6.07, 6.45) is 2.78. The van der Waals surface area contributed by atoms with Crippen LogP contribution in [0.2, 0.25) is 0 Å². The Labute approximate surface area is 85.1 Å². The lowest BCUT2D eigenvalue weighted by Gasteiger charge is -2.45. The summed E-state index contributed by atoms with van der Waals surface area (Å²) < 4.78 is 0. The Balaban J connectivity index is 2.29. The quantitative estimate of drug-likeness (QED) is 0.676. The molecule has 3 N–H and O–H groups in total. The maximum Gasteiger partial charge on any atom is 0.239 e. The van der Waals surface area contributed by atoms with Crippen LogP contribution in [0.25, 0.3) is 0 Å². The topological polar surface area (TPSA) is 66.6 Å². The van der Waals surface area contributed by atoms with Crippen LogP contribution in [0.5, 0.6) is 0 Å². The second-order valence-corrected chi connectivity index (χ2v) is 4.44. The number of carbonyl (C=O) groups is 1. The van der Waals surface area contributed by atoms with E-state index in [0.717, 1.165) is 19.3 Å². The minimum atomic E-state index is -0.694. The van der Waals surface area contributed by atoms with Crippen LogP contribution in [0.1, 0.15) is 33.1 Å². The Hall–Kier alpha value is -0.610. The summed E-state index contributed by atoms with van der Waals surface area (Å²) in [7, 11) is 0. The van der Waals surface area contributed by atoms with Gasteiger partial charge in [-0.05, 0) is 13.3 Å². The Kier molecular flexibility index (Phi) is 3.50. The van der Waals surface area contributed by atoms with Crippen molar-refractivity contribution in [2.75, 3.05) is 13.1 Å². The van der Waals surface area contributed by atoms with Gasteiger partial charge in [-0.2, -0.15) is 0 Å². The van der Waals surface area contributed by atoms with Gasteiger partial charge in [0, 0.05) is 0 Å². The lowest BCUT2D eigenvalue weighted by Crippen LogP contribution is -2.64. The predicted octanol–water partition coefficient (Wildman–Crippen LogP) is 0.0971. The summed E-state index contributed by atoms with van der Waals surface area (Å²) in [6.45, 7) is 4.65. The monoisotopic (exact) mass is 200 g/mol. The van der Waals surface area contributed by atoms with Gasteiger partial charge in [0.25, 0.3) is 0 Å². The minimum absolute atomic E-state index is 0.0232. The molecule has 1 fully saturated rings. The normalized spacial score (nSPS) is 21.6. The van der Waals surface area contributed by atoms with Gasteiger partial charge in [0.05, 0.1) is 24.7 Å². The molecule has 1 aliphatic rings. The molecule has 0 radical (unpaired) electrons. The maximum atomic E-state index is 11.6.